The lowest BCUT2D eigenvalue weighted by Gasteiger charge is -2.34. The first kappa shape index (κ1) is 17.6. The molecule has 1 aromatic carbocycles. The van der Waals surface area contributed by atoms with Gasteiger partial charge < -0.3 is 15.1 Å². The Bertz CT molecular complexity index is 773. The number of rotatable bonds is 3. The molecule has 0 aliphatic carbocycles. The van der Waals surface area contributed by atoms with E-state index in [-0.39, 0.29) is 18.0 Å². The average Bonchev–Trinajstić information content (AvgIpc) is 3.42. The van der Waals surface area contributed by atoms with E-state index in [2.05, 4.69) is 15.5 Å². The molecule has 0 unspecified atom stereocenters. The molecule has 2 saturated heterocycles. The highest BCUT2D eigenvalue weighted by atomic mass is 16.2. The van der Waals surface area contributed by atoms with Gasteiger partial charge in [-0.1, -0.05) is 12.1 Å². The lowest BCUT2D eigenvalue weighted by molar-refractivity contribution is 0.0912. The number of piperidine rings is 1. The summed E-state index contributed by atoms with van der Waals surface area (Å²) in [6, 6.07) is 9.67. The number of carbonyl (C=O) groups excluding carboxylic acids is 2. The second kappa shape index (κ2) is 7.82. The van der Waals surface area contributed by atoms with Crippen molar-refractivity contribution in [3.63, 3.8) is 0 Å². The first-order valence-corrected chi connectivity index (χ1v) is 9.65. The fourth-order valence-electron chi connectivity index (χ4n) is 3.81. The van der Waals surface area contributed by atoms with E-state index in [9.17, 15) is 9.59 Å². The van der Waals surface area contributed by atoms with Crippen molar-refractivity contribution in [2.24, 2.45) is 0 Å². The highest BCUT2D eigenvalue weighted by Gasteiger charge is 2.28. The van der Waals surface area contributed by atoms with E-state index in [4.69, 9.17) is 0 Å². The molecular weight excluding hydrogens is 342 g/mol. The Balaban J connectivity index is 1.28. The Kier molecular flexibility index (Phi) is 5.09. The van der Waals surface area contributed by atoms with Crippen LogP contribution in [0.1, 0.15) is 36.0 Å². The molecule has 7 heteroatoms. The number of nitrogens with one attached hydrogen (secondary N) is 2. The maximum atomic E-state index is 12.5. The van der Waals surface area contributed by atoms with E-state index in [1.54, 1.807) is 6.20 Å². The van der Waals surface area contributed by atoms with Crippen LogP contribution in [0.5, 0.6) is 0 Å². The largest absolute Gasteiger partial charge is 0.349 e. The summed E-state index contributed by atoms with van der Waals surface area (Å²) in [6.45, 7) is 3.17. The van der Waals surface area contributed by atoms with Crippen LogP contribution in [-0.4, -0.2) is 64.2 Å². The summed E-state index contributed by atoms with van der Waals surface area (Å²) in [5.41, 5.74) is 2.57. The molecule has 0 spiro atoms. The number of likely N-dealkylation sites (tertiary alicyclic amines) is 2. The fourth-order valence-corrected chi connectivity index (χ4v) is 3.81. The van der Waals surface area contributed by atoms with Crippen LogP contribution in [0.2, 0.25) is 0 Å². The van der Waals surface area contributed by atoms with E-state index < -0.39 is 0 Å². The highest BCUT2D eigenvalue weighted by Crippen LogP contribution is 2.18. The summed E-state index contributed by atoms with van der Waals surface area (Å²) in [6.07, 6.45) is 5.53. The molecule has 7 nitrogen and oxygen atoms in total. The van der Waals surface area contributed by atoms with Crippen LogP contribution in [0, 0.1) is 0 Å². The molecule has 0 bridgehead atoms. The standard InChI is InChI=1S/C20H25N5O2/c26-19(16-5-3-15(4-6-16)18-7-10-21-23-18)22-17-8-13-25(14-9-17)20(27)24-11-1-2-12-24/h3-7,10,17H,1-2,8-9,11-14H2,(H,21,23)(H,22,26). The monoisotopic (exact) mass is 367 g/mol. The first-order valence-electron chi connectivity index (χ1n) is 9.65. The van der Waals surface area contributed by atoms with Gasteiger partial charge in [0.1, 0.15) is 0 Å². The van der Waals surface area contributed by atoms with Crippen LogP contribution in [0.25, 0.3) is 11.3 Å². The molecule has 27 heavy (non-hydrogen) atoms. The van der Waals surface area contributed by atoms with Crippen molar-refractivity contribution >= 4 is 11.9 Å². The number of carbonyl (C=O) groups is 2. The summed E-state index contributed by atoms with van der Waals surface area (Å²) >= 11 is 0. The maximum Gasteiger partial charge on any atom is 0.319 e. The van der Waals surface area contributed by atoms with Gasteiger partial charge in [0.15, 0.2) is 0 Å². The number of benzene rings is 1. The van der Waals surface area contributed by atoms with E-state index in [1.807, 2.05) is 40.1 Å². The van der Waals surface area contributed by atoms with Crippen LogP contribution in [0.15, 0.2) is 36.5 Å². The molecule has 3 heterocycles. The fraction of sp³-hybridized carbons (Fsp3) is 0.450. The summed E-state index contributed by atoms with van der Waals surface area (Å²) < 4.78 is 0. The number of hydrogen-bond acceptors (Lipinski definition) is 3. The van der Waals surface area contributed by atoms with Crippen molar-refractivity contribution in [2.75, 3.05) is 26.2 Å². The second-order valence-electron chi connectivity index (χ2n) is 7.26. The number of aromatic nitrogens is 2. The Labute approximate surface area is 158 Å². The van der Waals surface area contributed by atoms with Crippen molar-refractivity contribution in [3.05, 3.63) is 42.1 Å². The van der Waals surface area contributed by atoms with Gasteiger partial charge in [-0.15, -0.1) is 0 Å². The number of amides is 3. The SMILES string of the molecule is O=C(NC1CCN(C(=O)N2CCCC2)CC1)c1ccc(-c2ccn[nH]2)cc1. The molecule has 2 aromatic rings. The van der Waals surface area contributed by atoms with E-state index >= 15 is 0 Å². The van der Waals surface area contributed by atoms with Crippen molar-refractivity contribution in [1.82, 2.24) is 25.3 Å². The van der Waals surface area contributed by atoms with Crippen LogP contribution in [0.3, 0.4) is 0 Å². The Morgan fingerprint density at radius 2 is 1.63 bits per heavy atom. The van der Waals surface area contributed by atoms with Gasteiger partial charge in [0.05, 0.1) is 5.69 Å². The number of urea groups is 1. The zero-order chi connectivity index (χ0) is 18.6. The molecule has 2 aliphatic heterocycles. The van der Waals surface area contributed by atoms with Gasteiger partial charge >= 0.3 is 6.03 Å². The van der Waals surface area contributed by atoms with Crippen LogP contribution in [-0.2, 0) is 0 Å². The van der Waals surface area contributed by atoms with Gasteiger partial charge in [-0.3, -0.25) is 9.89 Å². The van der Waals surface area contributed by atoms with E-state index in [0.29, 0.717) is 18.7 Å². The summed E-state index contributed by atoms with van der Waals surface area (Å²) in [5, 5.41) is 9.96. The second-order valence-corrected chi connectivity index (χ2v) is 7.26. The van der Waals surface area contributed by atoms with Gasteiger partial charge in [-0.2, -0.15) is 5.10 Å². The van der Waals surface area contributed by atoms with Crippen LogP contribution in [0.4, 0.5) is 4.79 Å². The van der Waals surface area contributed by atoms with Crippen molar-refractivity contribution in [1.29, 1.82) is 0 Å². The molecule has 4 rings (SSSR count). The molecule has 2 N–H and O–H groups in total. The molecule has 0 radical (unpaired) electrons. The molecule has 2 aliphatic rings. The molecule has 3 amide bonds. The van der Waals surface area contributed by atoms with Crippen molar-refractivity contribution < 1.29 is 9.59 Å². The topological polar surface area (TPSA) is 81.3 Å². The Hall–Kier alpha value is -2.83. The van der Waals surface area contributed by atoms with E-state index in [1.165, 1.54) is 0 Å². The normalized spacial score (nSPS) is 17.9. The lowest BCUT2D eigenvalue weighted by Crippen LogP contribution is -2.50. The number of aromatic amines is 1. The van der Waals surface area contributed by atoms with Crippen molar-refractivity contribution in [2.45, 2.75) is 31.7 Å². The molecule has 0 saturated carbocycles. The van der Waals surface area contributed by atoms with Gasteiger partial charge in [0, 0.05) is 44.0 Å². The average molecular weight is 367 g/mol. The smallest absolute Gasteiger partial charge is 0.319 e. The predicted octanol–water partition coefficient (Wildman–Crippen LogP) is 2.49. The minimum absolute atomic E-state index is 0.0597. The summed E-state index contributed by atoms with van der Waals surface area (Å²) in [7, 11) is 0. The molecule has 2 fully saturated rings. The minimum Gasteiger partial charge on any atom is -0.349 e. The van der Waals surface area contributed by atoms with Gasteiger partial charge in [-0.05, 0) is 49.4 Å². The Morgan fingerprint density at radius 3 is 2.26 bits per heavy atom. The Morgan fingerprint density at radius 1 is 0.963 bits per heavy atom. The van der Waals surface area contributed by atoms with E-state index in [0.717, 1.165) is 50.0 Å². The predicted molar refractivity (Wildman–Crippen MR) is 102 cm³/mol. The third-order valence-corrected chi connectivity index (χ3v) is 5.44. The first-order chi connectivity index (χ1) is 13.2. The van der Waals surface area contributed by atoms with Crippen molar-refractivity contribution in [3.8, 4) is 11.3 Å². The number of H-pyrrole nitrogens is 1. The maximum absolute atomic E-state index is 12.5. The molecule has 1 aromatic heterocycles. The quantitative estimate of drug-likeness (QED) is 0.874. The van der Waals surface area contributed by atoms with Gasteiger partial charge in [0.2, 0.25) is 0 Å². The molecule has 142 valence electrons. The van der Waals surface area contributed by atoms with Gasteiger partial charge in [0.25, 0.3) is 5.91 Å². The lowest BCUT2D eigenvalue weighted by atomic mass is 10.0. The molecular formula is C20H25N5O2. The van der Waals surface area contributed by atoms with Crippen LogP contribution < -0.4 is 5.32 Å². The minimum atomic E-state index is -0.0597. The third-order valence-electron chi connectivity index (χ3n) is 5.44. The highest BCUT2D eigenvalue weighted by molar-refractivity contribution is 5.94. The third kappa shape index (κ3) is 3.97. The zero-order valence-corrected chi connectivity index (χ0v) is 15.4. The number of nitrogens with zero attached hydrogens (tertiary/aromatic N) is 3. The zero-order valence-electron chi connectivity index (χ0n) is 15.4. The molecule has 0 atom stereocenters. The van der Waals surface area contributed by atoms with Gasteiger partial charge in [-0.25, -0.2) is 4.79 Å². The number of hydrogen-bond donors (Lipinski definition) is 2. The summed E-state index contributed by atoms with van der Waals surface area (Å²) in [5.74, 6) is -0.0597. The summed E-state index contributed by atoms with van der Waals surface area (Å²) in [4.78, 5) is 28.8. The van der Waals surface area contributed by atoms with Crippen LogP contribution >= 0.6 is 0 Å².